The number of carbonyl (C=O) groups excluding carboxylic acids is 1. The summed E-state index contributed by atoms with van der Waals surface area (Å²) in [6.45, 7) is 3.10. The molecule has 1 heterocycles. The van der Waals surface area contributed by atoms with Crippen molar-refractivity contribution in [2.45, 2.75) is 52.0 Å². The van der Waals surface area contributed by atoms with Gasteiger partial charge in [0.1, 0.15) is 5.82 Å². The first kappa shape index (κ1) is 19.0. The summed E-state index contributed by atoms with van der Waals surface area (Å²) in [7, 11) is 0. The molecule has 27 heavy (non-hydrogen) atoms. The van der Waals surface area contributed by atoms with E-state index < -0.39 is 0 Å². The molecule has 4 nitrogen and oxygen atoms in total. The number of Topliss-reactive ketones (excluding diaryl/α,β-unsaturated/α-hetero) is 1. The third-order valence-electron chi connectivity index (χ3n) is 4.71. The molecular formula is C23H27N3O. The summed E-state index contributed by atoms with van der Waals surface area (Å²) < 4.78 is 2.24. The summed E-state index contributed by atoms with van der Waals surface area (Å²) in [4.78, 5) is 12.2. The lowest BCUT2D eigenvalue weighted by Crippen LogP contribution is -2.06. The lowest BCUT2D eigenvalue weighted by atomic mass is 10.0. The molecule has 1 aromatic heterocycles. The minimum atomic E-state index is 0.233. The van der Waals surface area contributed by atoms with Crippen molar-refractivity contribution < 1.29 is 4.79 Å². The first-order chi connectivity index (χ1) is 13.3. The van der Waals surface area contributed by atoms with Gasteiger partial charge in [-0.25, -0.2) is 0 Å². The number of aryl methyl sites for hydroxylation is 1. The number of carbonyl (C=O) groups is 1. The van der Waals surface area contributed by atoms with E-state index in [1.807, 2.05) is 48.5 Å². The summed E-state index contributed by atoms with van der Waals surface area (Å²) >= 11 is 0. The summed E-state index contributed by atoms with van der Waals surface area (Å²) in [6.07, 6.45) is 5.54. The summed E-state index contributed by atoms with van der Waals surface area (Å²) in [5.41, 5.74) is 1.92. The molecule has 3 aromatic rings. The van der Waals surface area contributed by atoms with Gasteiger partial charge in [-0.2, -0.15) is 0 Å². The van der Waals surface area contributed by atoms with E-state index in [9.17, 15) is 4.79 Å². The van der Waals surface area contributed by atoms with E-state index in [-0.39, 0.29) is 5.78 Å². The van der Waals surface area contributed by atoms with E-state index in [0.29, 0.717) is 6.42 Å². The molecule has 0 fully saturated rings. The average Bonchev–Trinajstić information content (AvgIpc) is 3.12. The molecule has 0 aliphatic carbocycles. The van der Waals surface area contributed by atoms with Crippen LogP contribution in [-0.4, -0.2) is 20.5 Å². The Labute approximate surface area is 161 Å². The second-order valence-corrected chi connectivity index (χ2v) is 6.81. The number of rotatable bonds is 10. The van der Waals surface area contributed by atoms with Gasteiger partial charge in [0, 0.05) is 30.5 Å². The molecule has 0 amide bonds. The molecule has 3 rings (SSSR count). The van der Waals surface area contributed by atoms with Crippen molar-refractivity contribution in [3.05, 3.63) is 72.1 Å². The zero-order valence-corrected chi connectivity index (χ0v) is 16.0. The highest BCUT2D eigenvalue weighted by Gasteiger charge is 2.13. The van der Waals surface area contributed by atoms with Gasteiger partial charge in [0.25, 0.3) is 0 Å². The van der Waals surface area contributed by atoms with Crippen LogP contribution < -0.4 is 0 Å². The highest BCUT2D eigenvalue weighted by atomic mass is 16.1. The number of nitrogens with zero attached hydrogens (tertiary/aromatic N) is 3. The third-order valence-corrected chi connectivity index (χ3v) is 4.71. The molecule has 0 bridgehead atoms. The second kappa shape index (κ2) is 9.81. The van der Waals surface area contributed by atoms with E-state index in [0.717, 1.165) is 61.4 Å². The Morgan fingerprint density at radius 1 is 0.889 bits per heavy atom. The van der Waals surface area contributed by atoms with Crippen LogP contribution in [0.3, 0.4) is 0 Å². The molecule has 0 saturated heterocycles. The Balaban J connectivity index is 1.52. The van der Waals surface area contributed by atoms with Gasteiger partial charge in [-0.05, 0) is 19.3 Å². The zero-order chi connectivity index (χ0) is 18.9. The monoisotopic (exact) mass is 361 g/mol. The van der Waals surface area contributed by atoms with E-state index >= 15 is 0 Å². The van der Waals surface area contributed by atoms with Crippen LogP contribution in [0.4, 0.5) is 0 Å². The predicted molar refractivity (Wildman–Crippen MR) is 109 cm³/mol. The number of benzene rings is 2. The van der Waals surface area contributed by atoms with Crippen molar-refractivity contribution in [3.63, 3.8) is 0 Å². The summed E-state index contributed by atoms with van der Waals surface area (Å²) in [5, 5.41) is 8.87. The SMILES string of the molecule is CCCn1c(CCCCCC(=O)c2ccccc2)nnc1-c1ccccc1. The first-order valence-electron chi connectivity index (χ1n) is 9.85. The summed E-state index contributed by atoms with van der Waals surface area (Å²) in [6, 6.07) is 19.8. The quantitative estimate of drug-likeness (QED) is 0.362. The van der Waals surface area contributed by atoms with Crippen molar-refractivity contribution in [1.29, 1.82) is 0 Å². The highest BCUT2D eigenvalue weighted by Crippen LogP contribution is 2.20. The van der Waals surface area contributed by atoms with E-state index in [1.165, 1.54) is 0 Å². The topological polar surface area (TPSA) is 47.8 Å². The zero-order valence-electron chi connectivity index (χ0n) is 16.0. The van der Waals surface area contributed by atoms with Gasteiger partial charge in [-0.3, -0.25) is 4.79 Å². The molecule has 0 spiro atoms. The number of hydrogen-bond donors (Lipinski definition) is 0. The van der Waals surface area contributed by atoms with Crippen molar-refractivity contribution >= 4 is 5.78 Å². The molecule has 0 aliphatic rings. The Morgan fingerprint density at radius 2 is 1.59 bits per heavy atom. The van der Waals surface area contributed by atoms with Crippen LogP contribution in [0, 0.1) is 0 Å². The maximum Gasteiger partial charge on any atom is 0.163 e. The molecule has 2 aromatic carbocycles. The van der Waals surface area contributed by atoms with Crippen molar-refractivity contribution in [3.8, 4) is 11.4 Å². The van der Waals surface area contributed by atoms with E-state index in [2.05, 4.69) is 33.8 Å². The fraction of sp³-hybridized carbons (Fsp3) is 0.348. The lowest BCUT2D eigenvalue weighted by molar-refractivity contribution is 0.0979. The van der Waals surface area contributed by atoms with Gasteiger partial charge in [-0.15, -0.1) is 10.2 Å². The van der Waals surface area contributed by atoms with Crippen LogP contribution >= 0.6 is 0 Å². The normalized spacial score (nSPS) is 10.9. The van der Waals surface area contributed by atoms with Crippen LogP contribution in [0.2, 0.25) is 0 Å². The van der Waals surface area contributed by atoms with E-state index in [1.54, 1.807) is 0 Å². The molecule has 4 heteroatoms. The molecular weight excluding hydrogens is 334 g/mol. The number of hydrogen-bond acceptors (Lipinski definition) is 3. The average molecular weight is 361 g/mol. The fourth-order valence-corrected chi connectivity index (χ4v) is 3.29. The van der Waals surface area contributed by atoms with E-state index in [4.69, 9.17) is 0 Å². The standard InChI is InChI=1S/C23H27N3O/c1-2-18-26-22(24-25-23(26)20-14-8-4-9-15-20)17-11-5-10-16-21(27)19-12-6-3-7-13-19/h3-4,6-9,12-15H,2,5,10-11,16-18H2,1H3. The van der Waals surface area contributed by atoms with Crippen molar-refractivity contribution in [1.82, 2.24) is 14.8 Å². The van der Waals surface area contributed by atoms with Crippen LogP contribution in [0.25, 0.3) is 11.4 Å². The van der Waals surface area contributed by atoms with Crippen LogP contribution in [0.1, 0.15) is 55.2 Å². The lowest BCUT2D eigenvalue weighted by Gasteiger charge is -2.09. The molecule has 0 aliphatic heterocycles. The van der Waals surface area contributed by atoms with Gasteiger partial charge in [0.05, 0.1) is 0 Å². The van der Waals surface area contributed by atoms with Crippen molar-refractivity contribution in [2.24, 2.45) is 0 Å². The number of ketones is 1. The smallest absolute Gasteiger partial charge is 0.163 e. The molecule has 0 N–H and O–H groups in total. The molecule has 0 unspecified atom stereocenters. The van der Waals surface area contributed by atoms with Crippen molar-refractivity contribution in [2.75, 3.05) is 0 Å². The second-order valence-electron chi connectivity index (χ2n) is 6.81. The van der Waals surface area contributed by atoms with Gasteiger partial charge in [0.15, 0.2) is 11.6 Å². The number of unbranched alkanes of at least 4 members (excludes halogenated alkanes) is 2. The minimum Gasteiger partial charge on any atom is -0.311 e. The Bertz CT molecular complexity index is 841. The molecule has 0 saturated carbocycles. The molecule has 140 valence electrons. The molecule has 0 radical (unpaired) electrons. The number of aromatic nitrogens is 3. The van der Waals surface area contributed by atoms with Gasteiger partial charge >= 0.3 is 0 Å². The van der Waals surface area contributed by atoms with Gasteiger partial charge < -0.3 is 4.57 Å². The largest absolute Gasteiger partial charge is 0.311 e. The maximum absolute atomic E-state index is 12.2. The Kier molecular flexibility index (Phi) is 6.91. The van der Waals surface area contributed by atoms with Gasteiger partial charge in [-0.1, -0.05) is 74.0 Å². The summed E-state index contributed by atoms with van der Waals surface area (Å²) in [5.74, 6) is 2.23. The van der Waals surface area contributed by atoms with Crippen LogP contribution in [0.15, 0.2) is 60.7 Å². The fourth-order valence-electron chi connectivity index (χ4n) is 3.29. The van der Waals surface area contributed by atoms with Crippen LogP contribution in [0.5, 0.6) is 0 Å². The maximum atomic E-state index is 12.2. The minimum absolute atomic E-state index is 0.233. The Morgan fingerprint density at radius 3 is 2.30 bits per heavy atom. The predicted octanol–water partition coefficient (Wildman–Crippen LogP) is 5.34. The highest BCUT2D eigenvalue weighted by molar-refractivity contribution is 5.95. The third kappa shape index (κ3) is 5.13. The van der Waals surface area contributed by atoms with Gasteiger partial charge in [0.2, 0.25) is 0 Å². The first-order valence-corrected chi connectivity index (χ1v) is 9.85. The Hall–Kier alpha value is -2.75. The van der Waals surface area contributed by atoms with Crippen LogP contribution in [-0.2, 0) is 13.0 Å². The molecule has 0 atom stereocenters.